The van der Waals surface area contributed by atoms with Gasteiger partial charge in [0.1, 0.15) is 0 Å². The van der Waals surface area contributed by atoms with Crippen LogP contribution in [0.2, 0.25) is 0 Å². The van der Waals surface area contributed by atoms with E-state index in [0.29, 0.717) is 24.0 Å². The van der Waals surface area contributed by atoms with Crippen LogP contribution in [0.25, 0.3) is 11.3 Å². The minimum atomic E-state index is -0.394. The maximum absolute atomic E-state index is 12.1. The predicted molar refractivity (Wildman–Crippen MR) is 84.8 cm³/mol. The molecule has 2 atom stereocenters. The number of fused-ring (bicyclic) bond motifs is 4. The highest BCUT2D eigenvalue weighted by Crippen LogP contribution is 2.61. The number of aromatic nitrogens is 1. The molecule has 0 saturated heterocycles. The fourth-order valence-electron chi connectivity index (χ4n) is 3.70. The summed E-state index contributed by atoms with van der Waals surface area (Å²) in [6, 6.07) is 6.29. The van der Waals surface area contributed by atoms with Gasteiger partial charge in [-0.1, -0.05) is 34.1 Å². The molecule has 0 amide bonds. The average Bonchev–Trinajstić information content (AvgIpc) is 2.94. The lowest BCUT2D eigenvalue weighted by Crippen LogP contribution is -2.21. The topological polar surface area (TPSA) is 52.3 Å². The first-order chi connectivity index (χ1) is 10.6. The first-order valence-electron chi connectivity index (χ1n) is 7.53. The van der Waals surface area contributed by atoms with Gasteiger partial charge in [0.2, 0.25) is 0 Å². The van der Waals surface area contributed by atoms with E-state index < -0.39 is 5.97 Å². The molecule has 1 fully saturated rings. The van der Waals surface area contributed by atoms with Crippen LogP contribution in [0, 0.1) is 5.92 Å². The van der Waals surface area contributed by atoms with Gasteiger partial charge >= 0.3 is 5.97 Å². The minimum Gasteiger partial charge on any atom is -0.461 e. The van der Waals surface area contributed by atoms with Crippen LogP contribution in [0.5, 0.6) is 0 Å². The Bertz CT molecular complexity index is 782. The smallest absolute Gasteiger partial charge is 0.360 e. The van der Waals surface area contributed by atoms with Gasteiger partial charge in [-0.2, -0.15) is 0 Å². The first-order valence-corrected chi connectivity index (χ1v) is 8.32. The van der Waals surface area contributed by atoms with Crippen molar-refractivity contribution in [2.45, 2.75) is 32.1 Å². The lowest BCUT2D eigenvalue weighted by atomic mass is 9.77. The van der Waals surface area contributed by atoms with E-state index in [1.807, 2.05) is 0 Å². The van der Waals surface area contributed by atoms with Crippen molar-refractivity contribution in [3.63, 3.8) is 0 Å². The average molecular weight is 362 g/mol. The molecule has 1 saturated carbocycles. The Balaban J connectivity index is 1.90. The number of halogens is 1. The molecular weight excluding hydrogens is 346 g/mol. The summed E-state index contributed by atoms with van der Waals surface area (Å²) in [5, 5.41) is 4.00. The molecular formula is C17H16BrNO3. The molecule has 5 heteroatoms. The molecule has 4 rings (SSSR count). The van der Waals surface area contributed by atoms with Crippen molar-refractivity contribution in [3.8, 4) is 11.3 Å². The lowest BCUT2D eigenvalue weighted by Gasteiger charge is -2.25. The Labute approximate surface area is 137 Å². The van der Waals surface area contributed by atoms with Crippen LogP contribution < -0.4 is 0 Å². The van der Waals surface area contributed by atoms with Gasteiger partial charge < -0.3 is 9.26 Å². The number of nitrogens with zero attached hydrogens (tertiary/aromatic N) is 1. The quantitative estimate of drug-likeness (QED) is 0.755. The summed E-state index contributed by atoms with van der Waals surface area (Å²) in [6.07, 6.45) is 1.93. The zero-order chi connectivity index (χ0) is 15.5. The zero-order valence-corrected chi connectivity index (χ0v) is 14.1. The number of rotatable bonds is 2. The Morgan fingerprint density at radius 2 is 2.32 bits per heavy atom. The molecule has 1 aromatic heterocycles. The van der Waals surface area contributed by atoms with E-state index in [4.69, 9.17) is 9.26 Å². The number of esters is 1. The third-order valence-electron chi connectivity index (χ3n) is 4.97. The molecule has 2 unspecified atom stereocenters. The van der Waals surface area contributed by atoms with E-state index in [9.17, 15) is 4.79 Å². The lowest BCUT2D eigenvalue weighted by molar-refractivity contribution is 0.0513. The second-order valence-electron chi connectivity index (χ2n) is 6.19. The third kappa shape index (κ3) is 1.81. The van der Waals surface area contributed by atoms with Gasteiger partial charge in [0.05, 0.1) is 6.61 Å². The van der Waals surface area contributed by atoms with Crippen LogP contribution in [0.4, 0.5) is 0 Å². The van der Waals surface area contributed by atoms with Gasteiger partial charge in [-0.05, 0) is 43.4 Å². The molecule has 1 heterocycles. The van der Waals surface area contributed by atoms with E-state index in [1.165, 1.54) is 5.56 Å². The Hall–Kier alpha value is -1.62. The fraction of sp³-hybridized carbons (Fsp3) is 0.412. The van der Waals surface area contributed by atoms with Crippen LogP contribution in [-0.2, 0) is 16.6 Å². The summed E-state index contributed by atoms with van der Waals surface area (Å²) in [5.41, 5.74) is 3.70. The molecule has 4 nitrogen and oxygen atoms in total. The van der Waals surface area contributed by atoms with E-state index in [2.05, 4.69) is 46.2 Å². The van der Waals surface area contributed by atoms with Crippen LogP contribution in [0.1, 0.15) is 41.9 Å². The highest BCUT2D eigenvalue weighted by molar-refractivity contribution is 9.10. The van der Waals surface area contributed by atoms with Crippen molar-refractivity contribution < 1.29 is 14.1 Å². The van der Waals surface area contributed by atoms with Gasteiger partial charge in [0.15, 0.2) is 11.5 Å². The van der Waals surface area contributed by atoms with Crippen molar-refractivity contribution in [3.05, 3.63) is 39.5 Å². The maximum Gasteiger partial charge on any atom is 0.360 e. The minimum absolute atomic E-state index is 0.121. The predicted octanol–water partition coefficient (Wildman–Crippen LogP) is 4.11. The Morgan fingerprint density at radius 3 is 3.00 bits per heavy atom. The van der Waals surface area contributed by atoms with Crippen molar-refractivity contribution in [1.29, 1.82) is 0 Å². The molecule has 1 spiro atoms. The van der Waals surface area contributed by atoms with Crippen molar-refractivity contribution in [2.24, 2.45) is 5.92 Å². The molecule has 22 heavy (non-hydrogen) atoms. The van der Waals surface area contributed by atoms with E-state index in [0.717, 1.165) is 28.4 Å². The van der Waals surface area contributed by atoms with Gasteiger partial charge in [0, 0.05) is 21.0 Å². The van der Waals surface area contributed by atoms with Crippen molar-refractivity contribution in [2.75, 3.05) is 6.61 Å². The van der Waals surface area contributed by atoms with Crippen LogP contribution >= 0.6 is 15.9 Å². The molecule has 2 aliphatic carbocycles. The molecule has 1 aromatic carbocycles. The van der Waals surface area contributed by atoms with Crippen LogP contribution in [0.15, 0.2) is 27.2 Å². The van der Waals surface area contributed by atoms with E-state index in [1.54, 1.807) is 6.92 Å². The highest BCUT2D eigenvalue weighted by Gasteiger charge is 2.56. The summed E-state index contributed by atoms with van der Waals surface area (Å²) in [4.78, 5) is 12.1. The number of hydrogen-bond acceptors (Lipinski definition) is 4. The van der Waals surface area contributed by atoms with E-state index >= 15 is 0 Å². The molecule has 0 N–H and O–H groups in total. The summed E-state index contributed by atoms with van der Waals surface area (Å²) in [7, 11) is 0. The number of ether oxygens (including phenoxy) is 1. The monoisotopic (exact) mass is 361 g/mol. The number of carbonyl (C=O) groups excluding carboxylic acids is 1. The number of carbonyl (C=O) groups is 1. The van der Waals surface area contributed by atoms with Gasteiger partial charge in [-0.3, -0.25) is 0 Å². The normalized spacial score (nSPS) is 24.8. The fourth-order valence-corrected chi connectivity index (χ4v) is 4.06. The molecule has 2 aromatic rings. The number of benzene rings is 1. The van der Waals surface area contributed by atoms with Crippen LogP contribution in [0.3, 0.4) is 0 Å². The molecule has 0 bridgehead atoms. The molecule has 114 valence electrons. The second kappa shape index (κ2) is 4.69. The van der Waals surface area contributed by atoms with Crippen molar-refractivity contribution >= 4 is 21.9 Å². The van der Waals surface area contributed by atoms with Gasteiger partial charge in [-0.15, -0.1) is 0 Å². The largest absolute Gasteiger partial charge is 0.461 e. The molecule has 0 radical (unpaired) electrons. The first kappa shape index (κ1) is 14.0. The summed E-state index contributed by atoms with van der Waals surface area (Å²) >= 11 is 3.52. The highest BCUT2D eigenvalue weighted by atomic mass is 79.9. The zero-order valence-electron chi connectivity index (χ0n) is 12.5. The van der Waals surface area contributed by atoms with E-state index in [-0.39, 0.29) is 5.41 Å². The molecule has 2 aliphatic rings. The third-order valence-corrected chi connectivity index (χ3v) is 5.46. The standard InChI is InChI=1S/C17H16BrNO3/c1-3-21-16(20)14-12-8-17(7-9(17)2)13-5-4-10(18)6-11(13)15(12)22-19-14/h4-6,9H,3,7-8H2,1-2H3. The Kier molecular flexibility index (Phi) is 2.98. The molecule has 0 aliphatic heterocycles. The van der Waals surface area contributed by atoms with Gasteiger partial charge in [-0.25, -0.2) is 4.79 Å². The van der Waals surface area contributed by atoms with Crippen LogP contribution in [-0.4, -0.2) is 17.7 Å². The maximum atomic E-state index is 12.1. The van der Waals surface area contributed by atoms with Gasteiger partial charge in [0.25, 0.3) is 0 Å². The summed E-state index contributed by atoms with van der Waals surface area (Å²) < 4.78 is 11.6. The SMILES string of the molecule is CCOC(=O)c1noc2c1CC1(CC1C)c1ccc(Br)cc1-2. The Morgan fingerprint density at radius 1 is 1.55 bits per heavy atom. The summed E-state index contributed by atoms with van der Waals surface area (Å²) in [6.45, 7) is 4.39. The summed E-state index contributed by atoms with van der Waals surface area (Å²) in [5.74, 6) is 0.920. The van der Waals surface area contributed by atoms with Crippen molar-refractivity contribution in [1.82, 2.24) is 5.16 Å². The second-order valence-corrected chi connectivity index (χ2v) is 7.10. The number of hydrogen-bond donors (Lipinski definition) is 0.